The highest BCUT2D eigenvalue weighted by molar-refractivity contribution is 8.00. The molecule has 0 bridgehead atoms. The van der Waals surface area contributed by atoms with Crippen molar-refractivity contribution in [1.29, 1.82) is 0 Å². The van der Waals surface area contributed by atoms with Gasteiger partial charge in [-0.25, -0.2) is 9.97 Å². The van der Waals surface area contributed by atoms with Crippen LogP contribution in [0.25, 0.3) is 0 Å². The van der Waals surface area contributed by atoms with Gasteiger partial charge >= 0.3 is 5.97 Å². The summed E-state index contributed by atoms with van der Waals surface area (Å²) < 4.78 is 0. The van der Waals surface area contributed by atoms with Crippen molar-refractivity contribution in [2.45, 2.75) is 0 Å². The lowest BCUT2D eigenvalue weighted by Crippen LogP contribution is -2.16. The minimum absolute atomic E-state index is 0.0495. The van der Waals surface area contributed by atoms with Crippen molar-refractivity contribution in [3.05, 3.63) is 17.5 Å². The molecule has 2 N–H and O–H groups in total. The van der Waals surface area contributed by atoms with Gasteiger partial charge in [0.25, 0.3) is 0 Å². The van der Waals surface area contributed by atoms with E-state index in [1.807, 2.05) is 0 Å². The van der Waals surface area contributed by atoms with Crippen molar-refractivity contribution in [2.24, 2.45) is 0 Å². The molecular weight excluding hydrogens is 254 g/mol. The Morgan fingerprint density at radius 3 is 2.81 bits per heavy atom. The SMILES string of the molecule is O=C(O)CSCC(=O)Nc1cc(Cl)ncn1. The molecule has 1 aromatic heterocycles. The van der Waals surface area contributed by atoms with E-state index in [1.165, 1.54) is 12.4 Å². The Morgan fingerprint density at radius 1 is 1.44 bits per heavy atom. The second kappa shape index (κ2) is 6.29. The highest BCUT2D eigenvalue weighted by atomic mass is 35.5. The van der Waals surface area contributed by atoms with Gasteiger partial charge in [0, 0.05) is 6.07 Å². The fourth-order valence-electron chi connectivity index (χ4n) is 0.812. The minimum Gasteiger partial charge on any atom is -0.481 e. The molecule has 1 heterocycles. The topological polar surface area (TPSA) is 92.2 Å². The predicted octanol–water partition coefficient (Wildman–Crippen LogP) is 0.886. The molecule has 0 atom stereocenters. The van der Waals surface area contributed by atoms with Gasteiger partial charge in [-0.15, -0.1) is 11.8 Å². The molecule has 0 unspecified atom stereocenters. The number of rotatable bonds is 5. The van der Waals surface area contributed by atoms with E-state index in [1.54, 1.807) is 0 Å². The summed E-state index contributed by atoms with van der Waals surface area (Å²) in [6, 6.07) is 1.40. The van der Waals surface area contributed by atoms with E-state index >= 15 is 0 Å². The molecule has 86 valence electrons. The molecule has 0 radical (unpaired) electrons. The number of aliphatic carboxylic acids is 1. The number of carboxylic acids is 1. The zero-order valence-electron chi connectivity index (χ0n) is 8.01. The number of thioether (sulfide) groups is 1. The van der Waals surface area contributed by atoms with Crippen LogP contribution in [-0.4, -0.2) is 38.5 Å². The van der Waals surface area contributed by atoms with E-state index in [4.69, 9.17) is 16.7 Å². The molecule has 8 heteroatoms. The quantitative estimate of drug-likeness (QED) is 0.765. The number of carbonyl (C=O) groups excluding carboxylic acids is 1. The van der Waals surface area contributed by atoms with Crippen molar-refractivity contribution >= 4 is 41.1 Å². The maximum Gasteiger partial charge on any atom is 0.313 e. The molecule has 0 aliphatic heterocycles. The first-order valence-electron chi connectivity index (χ1n) is 4.15. The van der Waals surface area contributed by atoms with E-state index in [-0.39, 0.29) is 22.6 Å². The smallest absolute Gasteiger partial charge is 0.313 e. The van der Waals surface area contributed by atoms with Crippen LogP contribution in [0.5, 0.6) is 0 Å². The van der Waals surface area contributed by atoms with Crippen LogP contribution in [0.3, 0.4) is 0 Å². The van der Waals surface area contributed by atoms with Crippen LogP contribution in [0.15, 0.2) is 12.4 Å². The number of anilines is 1. The van der Waals surface area contributed by atoms with Crippen LogP contribution in [0.4, 0.5) is 5.82 Å². The molecule has 16 heavy (non-hydrogen) atoms. The molecule has 1 rings (SSSR count). The van der Waals surface area contributed by atoms with Gasteiger partial charge in [-0.3, -0.25) is 9.59 Å². The van der Waals surface area contributed by atoms with Gasteiger partial charge in [0.15, 0.2) is 0 Å². The van der Waals surface area contributed by atoms with E-state index in [0.29, 0.717) is 5.82 Å². The van der Waals surface area contributed by atoms with Crippen LogP contribution in [0, 0.1) is 0 Å². The summed E-state index contributed by atoms with van der Waals surface area (Å²) in [4.78, 5) is 28.9. The van der Waals surface area contributed by atoms with E-state index in [2.05, 4.69) is 15.3 Å². The Hall–Kier alpha value is -1.34. The zero-order valence-corrected chi connectivity index (χ0v) is 9.59. The lowest BCUT2D eigenvalue weighted by atomic mass is 10.5. The molecule has 0 spiro atoms. The second-order valence-corrected chi connectivity index (χ2v) is 4.03. The van der Waals surface area contributed by atoms with E-state index < -0.39 is 5.97 Å². The van der Waals surface area contributed by atoms with Crippen molar-refractivity contribution < 1.29 is 14.7 Å². The fraction of sp³-hybridized carbons (Fsp3) is 0.250. The summed E-state index contributed by atoms with van der Waals surface area (Å²) in [7, 11) is 0. The number of carbonyl (C=O) groups is 2. The largest absolute Gasteiger partial charge is 0.481 e. The maximum atomic E-state index is 11.3. The molecule has 0 saturated carbocycles. The zero-order chi connectivity index (χ0) is 12.0. The van der Waals surface area contributed by atoms with E-state index in [9.17, 15) is 9.59 Å². The molecular formula is C8H8ClN3O3S. The maximum absolute atomic E-state index is 11.3. The number of halogens is 1. The summed E-state index contributed by atoms with van der Waals surface area (Å²) in [5, 5.41) is 11.1. The number of aromatic nitrogens is 2. The van der Waals surface area contributed by atoms with Crippen LogP contribution in [0.2, 0.25) is 5.15 Å². The molecule has 6 nitrogen and oxygen atoms in total. The predicted molar refractivity (Wildman–Crippen MR) is 60.6 cm³/mol. The van der Waals surface area contributed by atoms with Gasteiger partial charge in [0.1, 0.15) is 17.3 Å². The van der Waals surface area contributed by atoms with Gasteiger partial charge in [-0.1, -0.05) is 11.6 Å². The Balaban J connectivity index is 2.37. The van der Waals surface area contributed by atoms with Gasteiger partial charge in [-0.05, 0) is 0 Å². The molecule has 0 saturated heterocycles. The van der Waals surface area contributed by atoms with Crippen molar-refractivity contribution in [3.63, 3.8) is 0 Å². The number of amides is 1. The molecule has 1 aromatic rings. The lowest BCUT2D eigenvalue weighted by molar-refractivity contribution is -0.133. The van der Waals surface area contributed by atoms with Crippen LogP contribution in [-0.2, 0) is 9.59 Å². The Morgan fingerprint density at radius 2 is 2.19 bits per heavy atom. The summed E-state index contributed by atoms with van der Waals surface area (Å²) >= 11 is 6.59. The normalized spacial score (nSPS) is 9.81. The molecule has 0 aromatic carbocycles. The first kappa shape index (κ1) is 12.7. The first-order chi connectivity index (χ1) is 7.58. The van der Waals surface area contributed by atoms with Crippen LogP contribution >= 0.6 is 23.4 Å². The molecule has 1 amide bonds. The van der Waals surface area contributed by atoms with Gasteiger partial charge in [0.05, 0.1) is 11.5 Å². The summed E-state index contributed by atoms with van der Waals surface area (Å²) in [5.74, 6) is -1.06. The van der Waals surface area contributed by atoms with Crippen LogP contribution in [0.1, 0.15) is 0 Å². The molecule has 0 fully saturated rings. The monoisotopic (exact) mass is 261 g/mol. The number of nitrogens with one attached hydrogen (secondary N) is 1. The fourth-order valence-corrected chi connectivity index (χ4v) is 1.49. The van der Waals surface area contributed by atoms with Gasteiger partial charge in [-0.2, -0.15) is 0 Å². The summed E-state index contributed by atoms with van der Waals surface area (Å²) in [5.41, 5.74) is 0. The van der Waals surface area contributed by atoms with Crippen LogP contribution < -0.4 is 5.32 Å². The number of hydrogen-bond donors (Lipinski definition) is 2. The Kier molecular flexibility index (Phi) is 5.00. The third-order valence-corrected chi connectivity index (χ3v) is 2.48. The highest BCUT2D eigenvalue weighted by Gasteiger charge is 2.05. The van der Waals surface area contributed by atoms with Crippen molar-refractivity contribution in [2.75, 3.05) is 16.8 Å². The molecule has 0 aliphatic rings. The van der Waals surface area contributed by atoms with Crippen molar-refractivity contribution in [1.82, 2.24) is 9.97 Å². The third kappa shape index (κ3) is 4.94. The molecule has 0 aliphatic carbocycles. The second-order valence-electron chi connectivity index (χ2n) is 2.66. The third-order valence-electron chi connectivity index (χ3n) is 1.36. The highest BCUT2D eigenvalue weighted by Crippen LogP contribution is 2.09. The van der Waals surface area contributed by atoms with Gasteiger partial charge < -0.3 is 10.4 Å². The number of nitrogens with zero attached hydrogens (tertiary/aromatic N) is 2. The van der Waals surface area contributed by atoms with Crippen molar-refractivity contribution in [3.8, 4) is 0 Å². The first-order valence-corrected chi connectivity index (χ1v) is 5.68. The standard InChI is InChI=1S/C8H8ClN3O3S/c9-5-1-6(11-4-10-5)12-7(13)2-16-3-8(14)15/h1,4H,2-3H2,(H,14,15)(H,10,11,12,13). The minimum atomic E-state index is -0.956. The van der Waals surface area contributed by atoms with E-state index in [0.717, 1.165) is 11.8 Å². The lowest BCUT2D eigenvalue weighted by Gasteiger charge is -2.02. The average Bonchev–Trinajstić information content (AvgIpc) is 2.16. The van der Waals surface area contributed by atoms with Gasteiger partial charge in [0.2, 0.25) is 5.91 Å². The average molecular weight is 262 g/mol. The number of carboxylic acid groups (broad SMARTS) is 1. The summed E-state index contributed by atoms with van der Waals surface area (Å²) in [6.45, 7) is 0. The Bertz CT molecular complexity index is 402. The Labute approximate surface area is 100 Å². The summed E-state index contributed by atoms with van der Waals surface area (Å²) in [6.07, 6.45) is 1.22. The number of hydrogen-bond acceptors (Lipinski definition) is 5.